The summed E-state index contributed by atoms with van der Waals surface area (Å²) >= 11 is 1.75. The highest BCUT2D eigenvalue weighted by Gasteiger charge is 2.32. The first-order valence-corrected chi connectivity index (χ1v) is 7.05. The van der Waals surface area contributed by atoms with Gasteiger partial charge >= 0.3 is 0 Å². The smallest absolute Gasteiger partial charge is 0.0891 e. The number of benzene rings is 1. The molecule has 2 heteroatoms. The van der Waals surface area contributed by atoms with E-state index in [2.05, 4.69) is 45.9 Å². The van der Waals surface area contributed by atoms with Crippen molar-refractivity contribution in [1.82, 2.24) is 0 Å². The van der Waals surface area contributed by atoms with Gasteiger partial charge in [0.05, 0.1) is 6.10 Å². The SMILES string of the molecule is Cc1cc(C(O)C(C)(C)c2ccccc2)c(C)s1. The van der Waals surface area contributed by atoms with E-state index in [0.717, 1.165) is 5.56 Å². The Kier molecular flexibility index (Phi) is 3.60. The third-order valence-corrected chi connectivity index (χ3v) is 4.56. The van der Waals surface area contributed by atoms with Gasteiger partial charge in [0.1, 0.15) is 0 Å². The lowest BCUT2D eigenvalue weighted by molar-refractivity contribution is 0.100. The quantitative estimate of drug-likeness (QED) is 0.868. The highest BCUT2D eigenvalue weighted by molar-refractivity contribution is 7.12. The molecule has 2 rings (SSSR count). The minimum absolute atomic E-state index is 0.278. The van der Waals surface area contributed by atoms with Crippen LogP contribution in [-0.4, -0.2) is 5.11 Å². The molecule has 0 aliphatic rings. The van der Waals surface area contributed by atoms with Crippen LogP contribution >= 0.6 is 11.3 Å². The molecule has 0 amide bonds. The summed E-state index contributed by atoms with van der Waals surface area (Å²) in [6, 6.07) is 12.3. The fraction of sp³-hybridized carbons (Fsp3) is 0.375. The molecule has 0 spiro atoms. The fourth-order valence-corrected chi connectivity index (χ4v) is 3.29. The van der Waals surface area contributed by atoms with Crippen LogP contribution in [0.3, 0.4) is 0 Å². The Morgan fingerprint density at radius 2 is 1.72 bits per heavy atom. The molecule has 1 atom stereocenters. The maximum Gasteiger partial charge on any atom is 0.0891 e. The molecule has 2 aromatic rings. The summed E-state index contributed by atoms with van der Waals surface area (Å²) in [4.78, 5) is 2.47. The Labute approximate surface area is 113 Å². The zero-order chi connectivity index (χ0) is 13.3. The normalized spacial score (nSPS) is 13.6. The first-order chi connectivity index (χ1) is 8.43. The predicted octanol–water partition coefficient (Wildman–Crippen LogP) is 4.38. The summed E-state index contributed by atoms with van der Waals surface area (Å²) in [6.45, 7) is 8.36. The van der Waals surface area contributed by atoms with E-state index in [4.69, 9.17) is 0 Å². The molecule has 1 unspecified atom stereocenters. The van der Waals surface area contributed by atoms with Crippen LogP contribution in [0.4, 0.5) is 0 Å². The summed E-state index contributed by atoms with van der Waals surface area (Å²) in [5, 5.41) is 10.7. The monoisotopic (exact) mass is 260 g/mol. The number of aliphatic hydroxyl groups is 1. The van der Waals surface area contributed by atoms with E-state index < -0.39 is 6.10 Å². The zero-order valence-corrected chi connectivity index (χ0v) is 12.2. The molecule has 1 heterocycles. The number of aryl methyl sites for hydroxylation is 2. The molecule has 0 saturated heterocycles. The predicted molar refractivity (Wildman–Crippen MR) is 78.2 cm³/mol. The number of thiophene rings is 1. The number of hydrogen-bond acceptors (Lipinski definition) is 2. The van der Waals surface area contributed by atoms with Crippen molar-refractivity contribution in [1.29, 1.82) is 0 Å². The van der Waals surface area contributed by atoms with E-state index in [1.807, 2.05) is 18.2 Å². The maximum atomic E-state index is 10.7. The van der Waals surface area contributed by atoms with Crippen molar-refractivity contribution >= 4 is 11.3 Å². The zero-order valence-electron chi connectivity index (χ0n) is 11.4. The van der Waals surface area contributed by atoms with Gasteiger partial charge in [0.15, 0.2) is 0 Å². The van der Waals surface area contributed by atoms with Crippen molar-refractivity contribution in [2.45, 2.75) is 39.2 Å². The number of aliphatic hydroxyl groups excluding tert-OH is 1. The molecule has 0 aliphatic carbocycles. The van der Waals surface area contributed by atoms with E-state index in [1.165, 1.54) is 15.3 Å². The van der Waals surface area contributed by atoms with Gasteiger partial charge in [-0.25, -0.2) is 0 Å². The molecular formula is C16H20OS. The summed E-state index contributed by atoms with van der Waals surface area (Å²) in [6.07, 6.45) is -0.468. The van der Waals surface area contributed by atoms with Gasteiger partial charge < -0.3 is 5.11 Å². The van der Waals surface area contributed by atoms with Crippen LogP contribution in [0.5, 0.6) is 0 Å². The Morgan fingerprint density at radius 1 is 1.11 bits per heavy atom. The molecule has 0 saturated carbocycles. The number of hydrogen-bond donors (Lipinski definition) is 1. The molecule has 0 radical (unpaired) electrons. The Balaban J connectivity index is 2.39. The Hall–Kier alpha value is -1.12. The van der Waals surface area contributed by atoms with Gasteiger partial charge in [0, 0.05) is 15.2 Å². The Morgan fingerprint density at radius 3 is 2.22 bits per heavy atom. The van der Waals surface area contributed by atoms with Gasteiger partial charge in [-0.05, 0) is 31.0 Å². The molecule has 0 aliphatic heterocycles. The van der Waals surface area contributed by atoms with Crippen molar-refractivity contribution in [2.24, 2.45) is 0 Å². The van der Waals surface area contributed by atoms with Crippen LogP contribution in [-0.2, 0) is 5.41 Å². The van der Waals surface area contributed by atoms with E-state index in [-0.39, 0.29) is 5.41 Å². The van der Waals surface area contributed by atoms with Crippen LogP contribution in [0.2, 0.25) is 0 Å². The molecule has 18 heavy (non-hydrogen) atoms. The molecular weight excluding hydrogens is 240 g/mol. The third-order valence-electron chi connectivity index (χ3n) is 3.58. The van der Waals surface area contributed by atoms with Crippen molar-refractivity contribution < 1.29 is 5.11 Å². The molecule has 0 bridgehead atoms. The van der Waals surface area contributed by atoms with Crippen LogP contribution in [0.15, 0.2) is 36.4 Å². The van der Waals surface area contributed by atoms with Crippen LogP contribution in [0.1, 0.15) is 40.8 Å². The summed E-state index contributed by atoms with van der Waals surface area (Å²) < 4.78 is 0. The second kappa shape index (κ2) is 4.87. The molecule has 96 valence electrons. The first kappa shape index (κ1) is 13.3. The van der Waals surface area contributed by atoms with Gasteiger partial charge in [0.25, 0.3) is 0 Å². The molecule has 1 aromatic carbocycles. The van der Waals surface area contributed by atoms with Crippen molar-refractivity contribution in [2.75, 3.05) is 0 Å². The van der Waals surface area contributed by atoms with Crippen LogP contribution in [0, 0.1) is 13.8 Å². The maximum absolute atomic E-state index is 10.7. The fourth-order valence-electron chi connectivity index (χ4n) is 2.34. The topological polar surface area (TPSA) is 20.2 Å². The second-order valence-electron chi connectivity index (χ2n) is 5.36. The highest BCUT2D eigenvalue weighted by atomic mass is 32.1. The van der Waals surface area contributed by atoms with E-state index in [1.54, 1.807) is 11.3 Å². The summed E-state index contributed by atoms with van der Waals surface area (Å²) in [5.41, 5.74) is 1.95. The molecule has 1 N–H and O–H groups in total. The Bertz CT molecular complexity index is 525. The average molecular weight is 260 g/mol. The second-order valence-corrected chi connectivity index (χ2v) is 6.82. The van der Waals surface area contributed by atoms with Crippen LogP contribution < -0.4 is 0 Å². The van der Waals surface area contributed by atoms with Gasteiger partial charge in [-0.3, -0.25) is 0 Å². The lowest BCUT2D eigenvalue weighted by Gasteiger charge is -2.31. The molecule has 1 aromatic heterocycles. The minimum Gasteiger partial charge on any atom is -0.387 e. The van der Waals surface area contributed by atoms with Gasteiger partial charge in [-0.2, -0.15) is 0 Å². The largest absolute Gasteiger partial charge is 0.387 e. The lowest BCUT2D eigenvalue weighted by Crippen LogP contribution is -2.26. The number of rotatable bonds is 3. The molecule has 0 fully saturated rings. The molecule has 1 nitrogen and oxygen atoms in total. The van der Waals surface area contributed by atoms with Crippen LogP contribution in [0.25, 0.3) is 0 Å². The van der Waals surface area contributed by atoms with Crippen molar-refractivity contribution in [3.8, 4) is 0 Å². The van der Waals surface area contributed by atoms with Crippen molar-refractivity contribution in [3.05, 3.63) is 57.3 Å². The van der Waals surface area contributed by atoms with E-state index in [0.29, 0.717) is 0 Å². The first-order valence-electron chi connectivity index (χ1n) is 6.23. The van der Waals surface area contributed by atoms with E-state index >= 15 is 0 Å². The summed E-state index contributed by atoms with van der Waals surface area (Å²) in [7, 11) is 0. The minimum atomic E-state index is -0.468. The highest BCUT2D eigenvalue weighted by Crippen LogP contribution is 2.39. The standard InChI is InChI=1S/C16H20OS/c1-11-10-14(12(2)18-11)15(17)16(3,4)13-8-6-5-7-9-13/h5-10,15,17H,1-4H3. The average Bonchev–Trinajstić information content (AvgIpc) is 2.68. The van der Waals surface area contributed by atoms with Gasteiger partial charge in [0.2, 0.25) is 0 Å². The van der Waals surface area contributed by atoms with Crippen molar-refractivity contribution in [3.63, 3.8) is 0 Å². The van der Waals surface area contributed by atoms with Gasteiger partial charge in [-0.1, -0.05) is 44.2 Å². The summed E-state index contributed by atoms with van der Waals surface area (Å²) in [5.74, 6) is 0. The van der Waals surface area contributed by atoms with E-state index in [9.17, 15) is 5.11 Å². The third kappa shape index (κ3) is 2.36. The van der Waals surface area contributed by atoms with Gasteiger partial charge in [-0.15, -0.1) is 11.3 Å². The lowest BCUT2D eigenvalue weighted by atomic mass is 9.77.